The zero-order valence-electron chi connectivity index (χ0n) is 6.07. The lowest BCUT2D eigenvalue weighted by Crippen LogP contribution is -1.93. The predicted molar refractivity (Wildman–Crippen MR) is 45.6 cm³/mol. The van der Waals surface area contributed by atoms with Gasteiger partial charge in [-0.25, -0.2) is 4.39 Å². The van der Waals surface area contributed by atoms with Crippen molar-refractivity contribution in [3.8, 4) is 0 Å². The van der Waals surface area contributed by atoms with Crippen LogP contribution in [0.25, 0.3) is 0 Å². The number of hydrogen-bond donors (Lipinski definition) is 0. The molecule has 0 aliphatic heterocycles. The second-order valence-corrected chi connectivity index (χ2v) is 3.66. The maximum absolute atomic E-state index is 12.6. The van der Waals surface area contributed by atoms with Crippen molar-refractivity contribution in [1.82, 2.24) is 0 Å². The molecular formula is C8H7ClFSi. The monoisotopic (exact) mass is 185 g/mol. The Balaban J connectivity index is 3.13. The molecule has 1 rings (SSSR count). The molecule has 0 saturated carbocycles. The predicted octanol–water partition coefficient (Wildman–Crippen LogP) is 2.71. The third-order valence-electron chi connectivity index (χ3n) is 1.42. The molecule has 1 atom stereocenters. The minimum atomic E-state index is -0.255. The quantitative estimate of drug-likeness (QED) is 0.591. The number of halogens is 2. The molecule has 0 amide bonds. The van der Waals surface area contributed by atoms with Crippen molar-refractivity contribution < 1.29 is 4.39 Å². The van der Waals surface area contributed by atoms with E-state index in [4.69, 9.17) is 11.6 Å². The smallest absolute Gasteiger partial charge is 0.123 e. The summed E-state index contributed by atoms with van der Waals surface area (Å²) in [6.45, 7) is 1.90. The highest BCUT2D eigenvalue weighted by Gasteiger charge is 2.05. The summed E-state index contributed by atoms with van der Waals surface area (Å²) in [5.41, 5.74) is 0.863. The first-order chi connectivity index (χ1) is 5.11. The first-order valence-corrected chi connectivity index (χ1v) is 4.23. The minimum Gasteiger partial charge on any atom is -0.207 e. The Hall–Kier alpha value is -0.343. The molecule has 0 fully saturated rings. The summed E-state index contributed by atoms with van der Waals surface area (Å²) >= 11 is 5.79. The normalized spacial score (nSPS) is 13.1. The van der Waals surface area contributed by atoms with Crippen molar-refractivity contribution in [1.29, 1.82) is 0 Å². The van der Waals surface area contributed by atoms with E-state index in [-0.39, 0.29) is 11.4 Å². The molecule has 11 heavy (non-hydrogen) atoms. The van der Waals surface area contributed by atoms with Gasteiger partial charge < -0.3 is 0 Å². The van der Waals surface area contributed by atoms with Crippen LogP contribution in [0.3, 0.4) is 0 Å². The molecule has 0 aliphatic carbocycles. The van der Waals surface area contributed by atoms with Gasteiger partial charge >= 0.3 is 0 Å². The summed E-state index contributed by atoms with van der Waals surface area (Å²) in [7, 11) is 3.37. The van der Waals surface area contributed by atoms with Crippen molar-refractivity contribution in [3.63, 3.8) is 0 Å². The molecule has 0 nitrogen and oxygen atoms in total. The second kappa shape index (κ2) is 3.37. The Bertz CT molecular complexity index is 260. The fourth-order valence-corrected chi connectivity index (χ4v) is 1.46. The van der Waals surface area contributed by atoms with Gasteiger partial charge in [-0.3, -0.25) is 0 Å². The van der Waals surface area contributed by atoms with Crippen LogP contribution in [-0.2, 0) is 0 Å². The van der Waals surface area contributed by atoms with E-state index in [0.717, 1.165) is 5.56 Å². The summed E-state index contributed by atoms with van der Waals surface area (Å²) in [5, 5.41) is 0.592. The van der Waals surface area contributed by atoms with Gasteiger partial charge in [-0.2, -0.15) is 0 Å². The van der Waals surface area contributed by atoms with Gasteiger partial charge in [-0.15, -0.1) is 0 Å². The molecular weight excluding hydrogens is 179 g/mol. The van der Waals surface area contributed by atoms with E-state index in [1.54, 1.807) is 6.07 Å². The zero-order valence-corrected chi connectivity index (χ0v) is 7.82. The van der Waals surface area contributed by atoms with E-state index < -0.39 is 0 Å². The largest absolute Gasteiger partial charge is 0.207 e. The van der Waals surface area contributed by atoms with Gasteiger partial charge in [0.1, 0.15) is 5.82 Å². The maximum Gasteiger partial charge on any atom is 0.123 e. The number of rotatable bonds is 1. The Labute approximate surface area is 73.8 Å². The van der Waals surface area contributed by atoms with Gasteiger partial charge in [0, 0.05) is 15.3 Å². The molecule has 3 radical (unpaired) electrons. The Morgan fingerprint density at radius 3 is 2.64 bits per heavy atom. The zero-order chi connectivity index (χ0) is 8.43. The molecule has 57 valence electrons. The third-order valence-corrected chi connectivity index (χ3v) is 2.08. The fourth-order valence-electron chi connectivity index (χ4n) is 0.846. The van der Waals surface area contributed by atoms with Crippen LogP contribution in [0.15, 0.2) is 18.2 Å². The summed E-state index contributed by atoms with van der Waals surface area (Å²) < 4.78 is 12.6. The first-order valence-electron chi connectivity index (χ1n) is 3.27. The van der Waals surface area contributed by atoms with Crippen LogP contribution in [-0.4, -0.2) is 10.2 Å². The van der Waals surface area contributed by atoms with E-state index in [0.29, 0.717) is 5.02 Å². The lowest BCUT2D eigenvalue weighted by Gasteiger charge is -2.06. The van der Waals surface area contributed by atoms with Crippen molar-refractivity contribution in [3.05, 3.63) is 34.6 Å². The van der Waals surface area contributed by atoms with Crippen LogP contribution >= 0.6 is 11.6 Å². The first kappa shape index (κ1) is 8.75. The Morgan fingerprint density at radius 2 is 2.18 bits per heavy atom. The molecule has 0 heterocycles. The van der Waals surface area contributed by atoms with Gasteiger partial charge in [0.15, 0.2) is 0 Å². The average Bonchev–Trinajstić information content (AvgIpc) is 1.94. The van der Waals surface area contributed by atoms with Crippen molar-refractivity contribution in [2.75, 3.05) is 0 Å². The topological polar surface area (TPSA) is 0 Å². The third kappa shape index (κ3) is 2.04. The SMILES string of the molecule is CC([Si])c1cc(F)ccc1Cl. The molecule has 0 spiro atoms. The van der Waals surface area contributed by atoms with Crippen molar-refractivity contribution in [2.45, 2.75) is 12.5 Å². The summed E-state index contributed by atoms with van der Waals surface area (Å²) in [6, 6.07) is 4.34. The Kier molecular flexibility index (Phi) is 2.68. The molecule has 0 saturated heterocycles. The second-order valence-electron chi connectivity index (χ2n) is 2.39. The van der Waals surface area contributed by atoms with Crippen LogP contribution in [0.2, 0.25) is 5.02 Å². The van der Waals surface area contributed by atoms with E-state index in [9.17, 15) is 4.39 Å². The highest BCUT2D eigenvalue weighted by atomic mass is 35.5. The molecule has 1 aromatic carbocycles. The van der Waals surface area contributed by atoms with Crippen LogP contribution in [0.5, 0.6) is 0 Å². The molecule has 0 aromatic heterocycles. The maximum atomic E-state index is 12.6. The van der Waals surface area contributed by atoms with E-state index >= 15 is 0 Å². The summed E-state index contributed by atoms with van der Waals surface area (Å²) in [4.78, 5) is 0. The fraction of sp³-hybridized carbons (Fsp3) is 0.250. The highest BCUT2D eigenvalue weighted by molar-refractivity contribution is 6.32. The van der Waals surface area contributed by atoms with Crippen LogP contribution < -0.4 is 0 Å². The molecule has 3 heteroatoms. The lowest BCUT2D eigenvalue weighted by molar-refractivity contribution is 0.625. The summed E-state index contributed by atoms with van der Waals surface area (Å²) in [6.07, 6.45) is 0. The van der Waals surface area contributed by atoms with Crippen LogP contribution in [0, 0.1) is 5.82 Å². The summed E-state index contributed by atoms with van der Waals surface area (Å²) in [5.74, 6) is -0.255. The van der Waals surface area contributed by atoms with Crippen LogP contribution in [0.1, 0.15) is 18.0 Å². The highest BCUT2D eigenvalue weighted by Crippen LogP contribution is 2.22. The average molecular weight is 186 g/mol. The molecule has 0 N–H and O–H groups in total. The lowest BCUT2D eigenvalue weighted by atomic mass is 10.1. The number of benzene rings is 1. The van der Waals surface area contributed by atoms with Crippen molar-refractivity contribution in [2.24, 2.45) is 0 Å². The van der Waals surface area contributed by atoms with Gasteiger partial charge in [0.25, 0.3) is 0 Å². The van der Waals surface area contributed by atoms with E-state index in [2.05, 4.69) is 10.2 Å². The van der Waals surface area contributed by atoms with Crippen molar-refractivity contribution >= 4 is 21.8 Å². The standard InChI is InChI=1S/C8H7ClFSi/c1-5(11)7-4-6(10)2-3-8(7)9/h2-5H,1H3. The molecule has 0 bridgehead atoms. The molecule has 1 unspecified atom stereocenters. The Morgan fingerprint density at radius 1 is 1.55 bits per heavy atom. The van der Waals surface area contributed by atoms with Crippen LogP contribution in [0.4, 0.5) is 4.39 Å². The van der Waals surface area contributed by atoms with Gasteiger partial charge in [0.05, 0.1) is 0 Å². The number of hydrogen-bond acceptors (Lipinski definition) is 0. The van der Waals surface area contributed by atoms with Gasteiger partial charge in [-0.1, -0.05) is 18.5 Å². The molecule has 0 aliphatic rings. The van der Waals surface area contributed by atoms with E-state index in [1.165, 1.54) is 12.1 Å². The van der Waals surface area contributed by atoms with Gasteiger partial charge in [0.2, 0.25) is 0 Å². The van der Waals surface area contributed by atoms with E-state index in [1.807, 2.05) is 6.92 Å². The van der Waals surface area contributed by atoms with Gasteiger partial charge in [-0.05, 0) is 29.3 Å². The minimum absolute atomic E-state index is 0.0817. The molecule has 1 aromatic rings.